The quantitative estimate of drug-likeness (QED) is 0.311. The standard InChI is InChI=1S/C24H30N2O4/c1-2-3-12-29-22(28)15-20(27)16-7-8-21-19(14-16)23(24(25)30-21)17-9-11-26-10-5-4-6-18(26)13-17/h7-9,14,18H,2-6,10-13,15,25H2,1H3. The predicted octanol–water partition coefficient (Wildman–Crippen LogP) is 4.57. The highest BCUT2D eigenvalue weighted by Crippen LogP contribution is 2.39. The Morgan fingerprint density at radius 3 is 3.00 bits per heavy atom. The van der Waals surface area contributed by atoms with Gasteiger partial charge in [-0.2, -0.15) is 0 Å². The van der Waals surface area contributed by atoms with Crippen LogP contribution in [0, 0.1) is 0 Å². The molecule has 1 saturated heterocycles. The SMILES string of the molecule is CCCCOC(=O)CC(=O)c1ccc2oc(N)c(C3=CCN4CCCCC4C3)c2c1. The Morgan fingerprint density at radius 2 is 2.17 bits per heavy atom. The van der Waals surface area contributed by atoms with Gasteiger partial charge in [0.1, 0.15) is 12.0 Å². The molecule has 1 aromatic carbocycles. The second-order valence-corrected chi connectivity index (χ2v) is 8.30. The van der Waals surface area contributed by atoms with E-state index < -0.39 is 5.97 Å². The number of nitrogens with two attached hydrogens (primary N) is 1. The minimum atomic E-state index is -0.479. The zero-order chi connectivity index (χ0) is 21.1. The first kappa shape index (κ1) is 20.7. The number of ketones is 1. The first-order valence-corrected chi connectivity index (χ1v) is 11.0. The van der Waals surface area contributed by atoms with E-state index in [1.165, 1.54) is 24.8 Å². The van der Waals surface area contributed by atoms with Gasteiger partial charge in [0.2, 0.25) is 0 Å². The lowest BCUT2D eigenvalue weighted by atomic mass is 9.88. The number of furan rings is 1. The first-order valence-electron chi connectivity index (χ1n) is 11.0. The average Bonchev–Trinajstić information content (AvgIpc) is 3.08. The van der Waals surface area contributed by atoms with Gasteiger partial charge in [0.05, 0.1) is 6.61 Å². The zero-order valence-electron chi connectivity index (χ0n) is 17.6. The number of unbranched alkanes of at least 4 members (excludes halogenated alkanes) is 1. The molecule has 2 aromatic rings. The molecule has 6 nitrogen and oxygen atoms in total. The molecule has 30 heavy (non-hydrogen) atoms. The van der Waals surface area contributed by atoms with Crippen molar-refractivity contribution < 1.29 is 18.7 Å². The van der Waals surface area contributed by atoms with Gasteiger partial charge in [-0.1, -0.05) is 25.8 Å². The Hall–Kier alpha value is -2.60. The Morgan fingerprint density at radius 1 is 1.30 bits per heavy atom. The molecule has 2 aliphatic heterocycles. The first-order chi connectivity index (χ1) is 14.6. The fourth-order valence-corrected chi connectivity index (χ4v) is 4.54. The van der Waals surface area contributed by atoms with Crippen LogP contribution in [0.15, 0.2) is 28.7 Å². The number of esters is 1. The number of hydrogen-bond acceptors (Lipinski definition) is 6. The summed E-state index contributed by atoms with van der Waals surface area (Å²) in [4.78, 5) is 27.1. The lowest BCUT2D eigenvalue weighted by Gasteiger charge is -2.38. The molecule has 2 N–H and O–H groups in total. The summed E-state index contributed by atoms with van der Waals surface area (Å²) in [5, 5.41) is 0.841. The van der Waals surface area contributed by atoms with E-state index >= 15 is 0 Å². The molecule has 0 spiro atoms. The van der Waals surface area contributed by atoms with E-state index in [2.05, 4.69) is 11.0 Å². The molecule has 1 unspecified atom stereocenters. The van der Waals surface area contributed by atoms with Crippen molar-refractivity contribution in [3.8, 4) is 0 Å². The van der Waals surface area contributed by atoms with Crippen LogP contribution in [0.25, 0.3) is 16.5 Å². The van der Waals surface area contributed by atoms with Gasteiger partial charge in [-0.15, -0.1) is 0 Å². The second kappa shape index (κ2) is 9.04. The van der Waals surface area contributed by atoms with Crippen LogP contribution in [0.2, 0.25) is 0 Å². The summed E-state index contributed by atoms with van der Waals surface area (Å²) in [6, 6.07) is 5.81. The van der Waals surface area contributed by atoms with Crippen molar-refractivity contribution in [3.63, 3.8) is 0 Å². The highest BCUT2D eigenvalue weighted by molar-refractivity contribution is 6.08. The van der Waals surface area contributed by atoms with Crippen molar-refractivity contribution >= 4 is 34.2 Å². The van der Waals surface area contributed by atoms with E-state index in [0.29, 0.717) is 29.7 Å². The van der Waals surface area contributed by atoms with Gasteiger partial charge in [-0.3, -0.25) is 14.5 Å². The van der Waals surface area contributed by atoms with E-state index in [-0.39, 0.29) is 12.2 Å². The maximum absolute atomic E-state index is 12.6. The third-order valence-corrected chi connectivity index (χ3v) is 6.20. The number of ether oxygens (including phenoxy) is 1. The van der Waals surface area contributed by atoms with Crippen molar-refractivity contribution in [1.82, 2.24) is 4.90 Å². The number of carbonyl (C=O) groups excluding carboxylic acids is 2. The minimum absolute atomic E-state index is 0.250. The van der Waals surface area contributed by atoms with Crippen molar-refractivity contribution in [3.05, 3.63) is 35.4 Å². The van der Waals surface area contributed by atoms with E-state index in [0.717, 1.165) is 43.3 Å². The molecule has 0 radical (unpaired) electrons. The summed E-state index contributed by atoms with van der Waals surface area (Å²) in [5.74, 6) is -0.336. The van der Waals surface area contributed by atoms with Gasteiger partial charge in [0.25, 0.3) is 0 Å². The van der Waals surface area contributed by atoms with Crippen LogP contribution in [0.3, 0.4) is 0 Å². The summed E-state index contributed by atoms with van der Waals surface area (Å²) in [6.07, 6.45) is 8.41. The highest BCUT2D eigenvalue weighted by atomic mass is 16.5. The van der Waals surface area contributed by atoms with Crippen LogP contribution >= 0.6 is 0 Å². The molecule has 2 aliphatic rings. The molecule has 6 heteroatoms. The molecule has 4 rings (SSSR count). The zero-order valence-corrected chi connectivity index (χ0v) is 17.6. The number of piperidine rings is 1. The summed E-state index contributed by atoms with van der Waals surface area (Å²) in [6.45, 7) is 4.46. The lowest BCUT2D eigenvalue weighted by molar-refractivity contribution is -0.142. The Balaban J connectivity index is 1.56. The number of Topliss-reactive ketones (excluding diaryl/α,β-unsaturated/α-hetero) is 1. The number of benzene rings is 1. The molecule has 1 fully saturated rings. The fourth-order valence-electron chi connectivity index (χ4n) is 4.54. The maximum atomic E-state index is 12.6. The van der Waals surface area contributed by atoms with Crippen LogP contribution in [-0.4, -0.2) is 42.4 Å². The van der Waals surface area contributed by atoms with Gasteiger partial charge in [0.15, 0.2) is 11.7 Å². The van der Waals surface area contributed by atoms with Gasteiger partial charge in [-0.05, 0) is 56.0 Å². The number of carbonyl (C=O) groups is 2. The molecule has 0 saturated carbocycles. The molecule has 0 aliphatic carbocycles. The summed E-state index contributed by atoms with van der Waals surface area (Å²) < 4.78 is 10.9. The molecule has 160 valence electrons. The monoisotopic (exact) mass is 410 g/mol. The predicted molar refractivity (Wildman–Crippen MR) is 117 cm³/mol. The molecule has 0 bridgehead atoms. The van der Waals surface area contributed by atoms with E-state index in [9.17, 15) is 9.59 Å². The van der Waals surface area contributed by atoms with Crippen LogP contribution in [-0.2, 0) is 9.53 Å². The summed E-state index contributed by atoms with van der Waals surface area (Å²) in [7, 11) is 0. The molecule has 1 atom stereocenters. The minimum Gasteiger partial charge on any atom is -0.465 e. The number of hydrogen-bond donors (Lipinski definition) is 1. The Kier molecular flexibility index (Phi) is 6.23. The van der Waals surface area contributed by atoms with E-state index in [1.807, 2.05) is 6.92 Å². The number of anilines is 1. The van der Waals surface area contributed by atoms with Gasteiger partial charge < -0.3 is 14.9 Å². The van der Waals surface area contributed by atoms with E-state index in [4.69, 9.17) is 14.9 Å². The maximum Gasteiger partial charge on any atom is 0.313 e. The number of nitrogen functional groups attached to an aromatic ring is 1. The van der Waals surface area contributed by atoms with Crippen LogP contribution in [0.4, 0.5) is 5.88 Å². The molecular formula is C24H30N2O4. The topological polar surface area (TPSA) is 85.8 Å². The molecule has 1 aromatic heterocycles. The summed E-state index contributed by atoms with van der Waals surface area (Å²) >= 11 is 0. The normalized spacial score (nSPS) is 19.4. The molecule has 3 heterocycles. The smallest absolute Gasteiger partial charge is 0.313 e. The van der Waals surface area contributed by atoms with Crippen molar-refractivity contribution in [2.45, 2.75) is 57.9 Å². The number of fused-ring (bicyclic) bond motifs is 2. The van der Waals surface area contributed by atoms with Gasteiger partial charge >= 0.3 is 5.97 Å². The van der Waals surface area contributed by atoms with Crippen LogP contribution < -0.4 is 5.73 Å². The largest absolute Gasteiger partial charge is 0.465 e. The average molecular weight is 411 g/mol. The Bertz CT molecular complexity index is 975. The van der Waals surface area contributed by atoms with Crippen LogP contribution in [0.5, 0.6) is 0 Å². The van der Waals surface area contributed by atoms with Gasteiger partial charge in [0, 0.05) is 29.1 Å². The number of nitrogens with zero attached hydrogens (tertiary/aromatic N) is 1. The third kappa shape index (κ3) is 4.29. The second-order valence-electron chi connectivity index (χ2n) is 8.30. The van der Waals surface area contributed by atoms with Crippen molar-refractivity contribution in [2.75, 3.05) is 25.4 Å². The van der Waals surface area contributed by atoms with Crippen molar-refractivity contribution in [2.24, 2.45) is 0 Å². The summed E-state index contributed by atoms with van der Waals surface area (Å²) in [5.41, 5.74) is 9.48. The van der Waals surface area contributed by atoms with Crippen molar-refractivity contribution in [1.29, 1.82) is 0 Å². The molecular weight excluding hydrogens is 380 g/mol. The van der Waals surface area contributed by atoms with E-state index in [1.54, 1.807) is 18.2 Å². The fraction of sp³-hybridized carbons (Fsp3) is 0.500. The number of rotatable bonds is 7. The van der Waals surface area contributed by atoms with Gasteiger partial charge in [-0.25, -0.2) is 0 Å². The highest BCUT2D eigenvalue weighted by Gasteiger charge is 2.29. The van der Waals surface area contributed by atoms with Crippen LogP contribution in [0.1, 0.15) is 67.8 Å². The lowest BCUT2D eigenvalue weighted by Crippen LogP contribution is -2.41. The Labute approximate surface area is 177 Å². The third-order valence-electron chi connectivity index (χ3n) is 6.20. The molecule has 0 amide bonds.